The number of ether oxygens (including phenoxy) is 1. The van der Waals surface area contributed by atoms with Gasteiger partial charge in [-0.3, -0.25) is 9.48 Å². The number of aryl methyl sites for hydroxylation is 1. The lowest BCUT2D eigenvalue weighted by Gasteiger charge is -2.22. The summed E-state index contributed by atoms with van der Waals surface area (Å²) in [6.07, 6.45) is 2.04. The molecule has 1 aromatic heterocycles. The quantitative estimate of drug-likeness (QED) is 0.816. The van der Waals surface area contributed by atoms with Crippen LogP contribution in [0.4, 0.5) is 0 Å². The molecule has 0 saturated carbocycles. The van der Waals surface area contributed by atoms with Gasteiger partial charge < -0.3 is 10.1 Å². The second-order valence-corrected chi connectivity index (χ2v) is 6.25. The van der Waals surface area contributed by atoms with E-state index in [0.29, 0.717) is 6.54 Å². The highest BCUT2D eigenvalue weighted by molar-refractivity contribution is 5.74. The largest absolute Gasteiger partial charge is 0.469 e. The number of carbonyl (C=O) groups is 1. The Kier molecular flexibility index (Phi) is 3.67. The monoisotopic (exact) mass is 265 g/mol. The van der Waals surface area contributed by atoms with Crippen LogP contribution in [0.3, 0.4) is 0 Å². The van der Waals surface area contributed by atoms with Gasteiger partial charge in [0, 0.05) is 37.7 Å². The average Bonchev–Trinajstić information content (AvgIpc) is 2.92. The van der Waals surface area contributed by atoms with Gasteiger partial charge in [-0.2, -0.15) is 5.10 Å². The number of hydrogen-bond donors (Lipinski definition) is 1. The molecule has 19 heavy (non-hydrogen) atoms. The first-order valence-electron chi connectivity index (χ1n) is 6.67. The highest BCUT2D eigenvalue weighted by atomic mass is 16.5. The molecule has 0 aliphatic carbocycles. The van der Waals surface area contributed by atoms with Crippen LogP contribution in [0.2, 0.25) is 0 Å². The molecule has 2 unspecified atom stereocenters. The van der Waals surface area contributed by atoms with E-state index in [9.17, 15) is 4.79 Å². The first kappa shape index (κ1) is 14.1. The summed E-state index contributed by atoms with van der Waals surface area (Å²) >= 11 is 0. The lowest BCUT2D eigenvalue weighted by molar-refractivity contribution is -0.145. The van der Waals surface area contributed by atoms with Crippen LogP contribution >= 0.6 is 0 Å². The Morgan fingerprint density at radius 2 is 2.16 bits per heavy atom. The van der Waals surface area contributed by atoms with Crippen molar-refractivity contribution in [3.63, 3.8) is 0 Å². The number of hydrogen-bond acceptors (Lipinski definition) is 4. The number of rotatable bonds is 2. The van der Waals surface area contributed by atoms with Gasteiger partial charge >= 0.3 is 5.97 Å². The zero-order valence-corrected chi connectivity index (χ0v) is 12.4. The van der Waals surface area contributed by atoms with Gasteiger partial charge in [-0.25, -0.2) is 0 Å². The molecule has 5 nitrogen and oxygen atoms in total. The predicted octanol–water partition coefficient (Wildman–Crippen LogP) is 1.19. The molecular weight excluding hydrogens is 242 g/mol. The zero-order valence-electron chi connectivity index (χ0n) is 12.4. The third-order valence-electron chi connectivity index (χ3n) is 3.69. The summed E-state index contributed by atoms with van der Waals surface area (Å²) in [4.78, 5) is 11.9. The van der Waals surface area contributed by atoms with Crippen molar-refractivity contribution in [3.05, 3.63) is 17.5 Å². The molecule has 1 N–H and O–H groups in total. The lowest BCUT2D eigenvalue weighted by Crippen LogP contribution is -2.25. The molecule has 5 heteroatoms. The van der Waals surface area contributed by atoms with Crippen molar-refractivity contribution in [2.75, 3.05) is 20.2 Å². The summed E-state index contributed by atoms with van der Waals surface area (Å²) in [6.45, 7) is 7.92. The summed E-state index contributed by atoms with van der Waals surface area (Å²) in [7, 11) is 3.37. The molecule has 0 aromatic carbocycles. The maximum atomic E-state index is 11.9. The van der Waals surface area contributed by atoms with Crippen molar-refractivity contribution in [2.45, 2.75) is 32.1 Å². The second kappa shape index (κ2) is 4.96. The van der Waals surface area contributed by atoms with Crippen LogP contribution in [-0.2, 0) is 22.0 Å². The van der Waals surface area contributed by atoms with Crippen molar-refractivity contribution in [1.29, 1.82) is 0 Å². The molecule has 0 amide bonds. The number of carbonyl (C=O) groups excluding carboxylic acids is 1. The Bertz CT molecular complexity index is 474. The highest BCUT2D eigenvalue weighted by Gasteiger charge is 2.38. The number of nitrogens with one attached hydrogen (secondary N) is 1. The Labute approximate surface area is 114 Å². The average molecular weight is 265 g/mol. The predicted molar refractivity (Wildman–Crippen MR) is 73.0 cm³/mol. The Morgan fingerprint density at radius 3 is 2.74 bits per heavy atom. The maximum Gasteiger partial charge on any atom is 0.310 e. The second-order valence-electron chi connectivity index (χ2n) is 6.25. The highest BCUT2D eigenvalue weighted by Crippen LogP contribution is 2.35. The van der Waals surface area contributed by atoms with E-state index in [1.54, 1.807) is 0 Å². The third-order valence-corrected chi connectivity index (χ3v) is 3.69. The van der Waals surface area contributed by atoms with E-state index in [0.717, 1.165) is 17.8 Å². The fraction of sp³-hybridized carbons (Fsp3) is 0.714. The zero-order chi connectivity index (χ0) is 14.2. The van der Waals surface area contributed by atoms with E-state index >= 15 is 0 Å². The van der Waals surface area contributed by atoms with Crippen LogP contribution < -0.4 is 5.32 Å². The van der Waals surface area contributed by atoms with Crippen molar-refractivity contribution in [3.8, 4) is 0 Å². The first-order chi connectivity index (χ1) is 8.84. The topological polar surface area (TPSA) is 56.1 Å². The summed E-state index contributed by atoms with van der Waals surface area (Å²) < 4.78 is 6.75. The molecule has 0 spiro atoms. The molecule has 2 heterocycles. The molecule has 1 fully saturated rings. The Balaban J connectivity index is 2.38. The first-order valence-corrected chi connectivity index (χ1v) is 6.67. The molecule has 2 atom stereocenters. The third kappa shape index (κ3) is 2.66. The molecule has 1 saturated heterocycles. The van der Waals surface area contributed by atoms with E-state index in [1.807, 2.05) is 17.9 Å². The number of methoxy groups -OCH3 is 1. The van der Waals surface area contributed by atoms with Gasteiger partial charge in [0.2, 0.25) is 0 Å². The molecule has 0 bridgehead atoms. The van der Waals surface area contributed by atoms with E-state index in [4.69, 9.17) is 4.74 Å². The number of aromatic nitrogens is 2. The number of esters is 1. The normalized spacial score (nSPS) is 23.6. The van der Waals surface area contributed by atoms with Gasteiger partial charge in [0.25, 0.3) is 0 Å². The van der Waals surface area contributed by atoms with Crippen molar-refractivity contribution >= 4 is 5.97 Å². The van der Waals surface area contributed by atoms with E-state index < -0.39 is 0 Å². The SMILES string of the molecule is COC(=O)C1CNCC1c1cn(C)nc1C(C)(C)C. The van der Waals surface area contributed by atoms with Gasteiger partial charge in [0.1, 0.15) is 0 Å². The van der Waals surface area contributed by atoms with Crippen LogP contribution in [0.1, 0.15) is 37.9 Å². The van der Waals surface area contributed by atoms with Gasteiger partial charge in [0.05, 0.1) is 18.7 Å². The molecule has 1 aromatic rings. The van der Waals surface area contributed by atoms with Crippen molar-refractivity contribution in [2.24, 2.45) is 13.0 Å². The van der Waals surface area contributed by atoms with Gasteiger partial charge in [-0.05, 0) is 5.56 Å². The van der Waals surface area contributed by atoms with E-state index in [-0.39, 0.29) is 23.2 Å². The van der Waals surface area contributed by atoms with Crippen molar-refractivity contribution in [1.82, 2.24) is 15.1 Å². The van der Waals surface area contributed by atoms with E-state index in [1.165, 1.54) is 7.11 Å². The van der Waals surface area contributed by atoms with Gasteiger partial charge in [-0.1, -0.05) is 20.8 Å². The standard InChI is InChI=1S/C14H23N3O2/c1-14(2,3)12-11(8-17(4)16-12)9-6-15-7-10(9)13(18)19-5/h8-10,15H,6-7H2,1-5H3. The van der Waals surface area contributed by atoms with Crippen LogP contribution in [-0.4, -0.2) is 35.9 Å². The lowest BCUT2D eigenvalue weighted by atomic mass is 9.82. The molecular formula is C14H23N3O2. The Morgan fingerprint density at radius 1 is 1.47 bits per heavy atom. The molecule has 1 aliphatic heterocycles. The smallest absolute Gasteiger partial charge is 0.310 e. The molecule has 0 radical (unpaired) electrons. The Hall–Kier alpha value is -1.36. The molecule has 106 valence electrons. The summed E-state index contributed by atoms with van der Waals surface area (Å²) in [5.74, 6) is -0.107. The van der Waals surface area contributed by atoms with Crippen LogP contribution in [0, 0.1) is 5.92 Å². The van der Waals surface area contributed by atoms with Crippen LogP contribution in [0.5, 0.6) is 0 Å². The minimum Gasteiger partial charge on any atom is -0.469 e. The summed E-state index contributed by atoms with van der Waals surface area (Å²) in [5.41, 5.74) is 2.20. The summed E-state index contributed by atoms with van der Waals surface area (Å²) in [6, 6.07) is 0. The molecule has 2 rings (SSSR count). The van der Waals surface area contributed by atoms with Gasteiger partial charge in [0.15, 0.2) is 0 Å². The molecule has 1 aliphatic rings. The van der Waals surface area contributed by atoms with Crippen molar-refractivity contribution < 1.29 is 9.53 Å². The minimum atomic E-state index is -0.140. The maximum absolute atomic E-state index is 11.9. The van der Waals surface area contributed by atoms with E-state index in [2.05, 4.69) is 31.2 Å². The fourth-order valence-electron chi connectivity index (χ4n) is 2.77. The fourth-order valence-corrected chi connectivity index (χ4v) is 2.77. The summed E-state index contributed by atoms with van der Waals surface area (Å²) in [5, 5.41) is 7.87. The van der Waals surface area contributed by atoms with Gasteiger partial charge in [-0.15, -0.1) is 0 Å². The van der Waals surface area contributed by atoms with Crippen LogP contribution in [0.25, 0.3) is 0 Å². The van der Waals surface area contributed by atoms with Crippen LogP contribution in [0.15, 0.2) is 6.20 Å². The minimum absolute atomic E-state index is 0.0279. The number of nitrogens with zero attached hydrogens (tertiary/aromatic N) is 2.